The van der Waals surface area contributed by atoms with Crippen molar-refractivity contribution in [3.8, 4) is 22.5 Å². The summed E-state index contributed by atoms with van der Waals surface area (Å²) in [6.45, 7) is 18.4. The summed E-state index contributed by atoms with van der Waals surface area (Å²) in [6, 6.07) is 7.14. The van der Waals surface area contributed by atoms with Gasteiger partial charge in [0.25, 0.3) is 11.8 Å². The molecule has 0 unspecified atom stereocenters. The number of morpholine rings is 1. The zero-order chi connectivity index (χ0) is 53.2. The number of nitrogens with one attached hydrogen (secondary N) is 2. The van der Waals surface area contributed by atoms with Gasteiger partial charge in [-0.05, 0) is 95.0 Å². The molecule has 3 amide bonds. The SMILES string of the molecule is CCn1c(-c2cc(N3CCN4CCOC[C@@H]4C3)cnc2[C@H](C)OC)c2c3cc(ccc31)-c1csc(n1)C[C@H](NC(=O)[C@H](C1CCCC1)N1CC[C@]3(CCN(C(=O)[C@H]4CO4)C3)C1)C(=O)N1CCC[C@H](N1)C(=O)OCC(C)(C)C2. The van der Waals surface area contributed by atoms with Gasteiger partial charge in [-0.2, -0.15) is 0 Å². The van der Waals surface area contributed by atoms with Crippen molar-refractivity contribution in [2.45, 2.75) is 135 Å². The molecule has 12 rings (SSSR count). The molecular weight excluding hydrogens is 997 g/mol. The van der Waals surface area contributed by atoms with Gasteiger partial charge < -0.3 is 38.6 Å². The number of thiazole rings is 1. The van der Waals surface area contributed by atoms with Crippen molar-refractivity contribution in [1.82, 2.24) is 45.0 Å². The number of rotatable bonds is 10. The third-order valence-corrected chi connectivity index (χ3v) is 19.2. The number of ether oxygens (including phenoxy) is 4. The van der Waals surface area contributed by atoms with Crippen LogP contribution in [-0.4, -0.2) is 181 Å². The van der Waals surface area contributed by atoms with E-state index in [1.54, 1.807) is 7.11 Å². The van der Waals surface area contributed by atoms with Crippen molar-refractivity contribution < 1.29 is 38.1 Å². The van der Waals surface area contributed by atoms with Gasteiger partial charge in [0, 0.05) is 111 Å². The predicted octanol–water partition coefficient (Wildman–Crippen LogP) is 5.61. The summed E-state index contributed by atoms with van der Waals surface area (Å²) in [5.74, 6) is -0.596. The van der Waals surface area contributed by atoms with Crippen molar-refractivity contribution >= 4 is 51.6 Å². The van der Waals surface area contributed by atoms with Crippen LogP contribution in [0.15, 0.2) is 35.8 Å². The van der Waals surface area contributed by atoms with Gasteiger partial charge in [0.1, 0.15) is 12.1 Å². The number of piperazine rings is 1. The minimum absolute atomic E-state index is 0.0649. The lowest BCUT2D eigenvalue weighted by atomic mass is 9.84. The standard InChI is InChI=1S/C58H78N10O8S/c1-6-67-47-14-13-38-24-41(47)43(52(67)42-25-39(28-59-50(42)36(2)73-5)64-21-20-63-22-23-74-30-40(63)29-64)27-57(3,4)35-76-56(72)44-12-9-17-68(62-44)54(70)45(26-49-60-46(38)32-77-49)61-53(69)51(37-10-7-8-11-37)65-18-15-58(33-65)16-19-66(34-58)55(71)48-31-75-48/h13-14,24-25,28,32,36-37,40,44-45,48,51,62H,6-12,15-23,26-27,29-31,33-35H2,1-5H3,(H,61,69)/t36-,40-,44-,45-,48+,51-,58-/m0/s1. The average molecular weight is 1080 g/mol. The number of carbonyl (C=O) groups excluding carboxylic acids is 4. The Kier molecular flexibility index (Phi) is 14.7. The molecule has 1 saturated carbocycles. The lowest BCUT2D eigenvalue weighted by molar-refractivity contribution is -0.155. The van der Waals surface area contributed by atoms with Crippen molar-refractivity contribution in [3.05, 3.63) is 52.1 Å². The summed E-state index contributed by atoms with van der Waals surface area (Å²) in [6.07, 6.45) is 9.16. The summed E-state index contributed by atoms with van der Waals surface area (Å²) in [4.78, 5) is 77.2. The van der Waals surface area contributed by atoms with Crippen molar-refractivity contribution in [2.75, 3.05) is 97.3 Å². The van der Waals surface area contributed by atoms with E-state index in [0.29, 0.717) is 58.1 Å². The van der Waals surface area contributed by atoms with E-state index >= 15 is 9.59 Å². The fourth-order valence-electron chi connectivity index (χ4n) is 14.0. The van der Waals surface area contributed by atoms with Gasteiger partial charge in [-0.15, -0.1) is 11.3 Å². The molecule has 1 aliphatic carbocycles. The second-order valence-electron chi connectivity index (χ2n) is 24.2. The maximum Gasteiger partial charge on any atom is 0.324 e. The largest absolute Gasteiger partial charge is 0.464 e. The van der Waals surface area contributed by atoms with Crippen LogP contribution in [0.1, 0.15) is 101 Å². The number of amides is 3. The Balaban J connectivity index is 0.893. The predicted molar refractivity (Wildman–Crippen MR) is 293 cm³/mol. The molecule has 3 aromatic heterocycles. The Hall–Kier alpha value is -5.02. The van der Waals surface area contributed by atoms with Crippen molar-refractivity contribution in [2.24, 2.45) is 16.7 Å². The van der Waals surface area contributed by atoms with Crippen LogP contribution in [0.4, 0.5) is 5.69 Å². The van der Waals surface area contributed by atoms with Crippen LogP contribution >= 0.6 is 11.3 Å². The Morgan fingerprint density at radius 3 is 2.64 bits per heavy atom. The number of epoxide rings is 1. The van der Waals surface area contributed by atoms with Crippen LogP contribution in [0, 0.1) is 16.7 Å². The Bertz CT molecular complexity index is 2880. The summed E-state index contributed by atoms with van der Waals surface area (Å²) in [5, 5.41) is 8.75. The summed E-state index contributed by atoms with van der Waals surface area (Å²) < 4.78 is 26.0. The Labute approximate surface area is 456 Å². The molecule has 6 bridgehead atoms. The Morgan fingerprint density at radius 1 is 1.00 bits per heavy atom. The molecular formula is C58H78N10O8S. The van der Waals surface area contributed by atoms with E-state index in [4.69, 9.17) is 28.9 Å². The number of benzene rings is 1. The van der Waals surface area contributed by atoms with Crippen LogP contribution in [0.2, 0.25) is 0 Å². The first-order valence-electron chi connectivity index (χ1n) is 28.7. The van der Waals surface area contributed by atoms with Gasteiger partial charge in [0.15, 0.2) is 6.10 Å². The van der Waals surface area contributed by atoms with E-state index in [1.165, 1.54) is 16.3 Å². The molecule has 19 heteroatoms. The lowest BCUT2D eigenvalue weighted by Gasteiger charge is -2.44. The number of aryl methyl sites for hydroxylation is 1. The quantitative estimate of drug-likeness (QED) is 0.148. The molecule has 6 saturated heterocycles. The van der Waals surface area contributed by atoms with E-state index in [9.17, 15) is 9.59 Å². The summed E-state index contributed by atoms with van der Waals surface area (Å²) in [7, 11) is 1.73. The molecule has 1 spiro atoms. The van der Waals surface area contributed by atoms with E-state index in [2.05, 4.69) is 87.3 Å². The molecule has 7 fully saturated rings. The highest BCUT2D eigenvalue weighted by Gasteiger charge is 2.51. The number of aromatic nitrogens is 3. The number of nitrogens with zero attached hydrogens (tertiary/aromatic N) is 8. The first-order chi connectivity index (χ1) is 37.3. The van der Waals surface area contributed by atoms with Crippen molar-refractivity contribution in [3.63, 3.8) is 0 Å². The molecule has 1 aromatic carbocycles. The van der Waals surface area contributed by atoms with Gasteiger partial charge in [-0.25, -0.2) is 10.4 Å². The fraction of sp³-hybridized carbons (Fsp3) is 0.655. The van der Waals surface area contributed by atoms with Crippen molar-refractivity contribution in [1.29, 1.82) is 0 Å². The summed E-state index contributed by atoms with van der Waals surface area (Å²) >= 11 is 1.50. The van der Waals surface area contributed by atoms with Crippen LogP contribution in [0.3, 0.4) is 0 Å². The topological polar surface area (TPSA) is 179 Å². The fourth-order valence-corrected chi connectivity index (χ4v) is 14.9. The number of hydrogen-bond donors (Lipinski definition) is 2. The van der Waals surface area contributed by atoms with Crippen LogP contribution < -0.4 is 15.6 Å². The molecule has 7 atom stereocenters. The van der Waals surface area contributed by atoms with Crippen LogP contribution in [0.25, 0.3) is 33.4 Å². The number of cyclic esters (lactones) is 1. The smallest absolute Gasteiger partial charge is 0.324 e. The number of fused-ring (bicyclic) bond motifs is 7. The molecule has 77 heavy (non-hydrogen) atoms. The number of hydrazine groups is 1. The zero-order valence-corrected chi connectivity index (χ0v) is 46.5. The molecule has 0 radical (unpaired) electrons. The van der Waals surface area contributed by atoms with Gasteiger partial charge in [-0.1, -0.05) is 32.8 Å². The normalized spacial score (nSPS) is 28.2. The number of hydrogen-bond acceptors (Lipinski definition) is 15. The minimum Gasteiger partial charge on any atom is -0.464 e. The van der Waals surface area contributed by atoms with E-state index < -0.39 is 29.5 Å². The maximum atomic E-state index is 15.1. The minimum atomic E-state index is -0.941. The third-order valence-electron chi connectivity index (χ3n) is 18.4. The first kappa shape index (κ1) is 52.7. The first-order valence-corrected chi connectivity index (χ1v) is 29.5. The molecule has 10 heterocycles. The van der Waals surface area contributed by atoms with Gasteiger partial charge in [0.05, 0.1) is 78.6 Å². The number of likely N-dealkylation sites (tertiary alicyclic amines) is 2. The number of anilines is 1. The van der Waals surface area contributed by atoms with Crippen LogP contribution in [0.5, 0.6) is 0 Å². The van der Waals surface area contributed by atoms with E-state index in [-0.39, 0.29) is 54.3 Å². The molecule has 414 valence electrons. The molecule has 8 aliphatic rings. The molecule has 7 aliphatic heterocycles. The van der Waals surface area contributed by atoms with Gasteiger partial charge >= 0.3 is 5.97 Å². The second-order valence-corrected chi connectivity index (χ2v) is 25.2. The highest BCUT2D eigenvalue weighted by molar-refractivity contribution is 7.10. The number of pyridine rings is 1. The molecule has 4 aromatic rings. The molecule has 2 N–H and O–H groups in total. The average Bonchev–Trinajstić information content (AvgIpc) is 4.08. The van der Waals surface area contributed by atoms with Crippen LogP contribution in [-0.2, 0) is 57.5 Å². The van der Waals surface area contributed by atoms with E-state index in [1.807, 2.05) is 11.1 Å². The highest BCUT2D eigenvalue weighted by atomic mass is 32.1. The number of esters is 1. The number of methoxy groups -OCH3 is 1. The summed E-state index contributed by atoms with van der Waals surface area (Å²) in [5.41, 5.74) is 10.7. The Morgan fingerprint density at radius 2 is 1.83 bits per heavy atom. The highest BCUT2D eigenvalue weighted by Crippen LogP contribution is 2.45. The third kappa shape index (κ3) is 10.5. The van der Waals surface area contributed by atoms with Gasteiger partial charge in [0.2, 0.25) is 5.91 Å². The second kappa shape index (κ2) is 21.6. The molecule has 18 nitrogen and oxygen atoms in total. The zero-order valence-electron chi connectivity index (χ0n) is 45.7. The van der Waals surface area contributed by atoms with Gasteiger partial charge in [-0.3, -0.25) is 39.0 Å². The maximum absolute atomic E-state index is 15.1. The lowest BCUT2D eigenvalue weighted by Crippen LogP contribution is -2.62. The van der Waals surface area contributed by atoms with E-state index in [0.717, 1.165) is 146 Å². The monoisotopic (exact) mass is 1070 g/mol. The number of carbonyl (C=O) groups is 4.